The Bertz CT molecular complexity index is 381. The van der Waals surface area contributed by atoms with Crippen molar-refractivity contribution in [2.75, 3.05) is 14.1 Å². The molecule has 1 aliphatic rings. The maximum atomic E-state index is 12.1. The minimum Gasteiger partial charge on any atom is -0.340 e. The first kappa shape index (κ1) is 12.4. The van der Waals surface area contributed by atoms with Crippen LogP contribution in [0.4, 0.5) is 4.79 Å². The highest BCUT2D eigenvalue weighted by atomic mass is 32.3. The van der Waals surface area contributed by atoms with Crippen LogP contribution in [0, 0.1) is 0 Å². The third kappa shape index (κ3) is 1.98. The molecule has 0 aliphatic carbocycles. The summed E-state index contributed by atoms with van der Waals surface area (Å²) in [6.45, 7) is 1.62. The zero-order chi connectivity index (χ0) is 11.7. The molecule has 1 N–H and O–H groups in total. The van der Waals surface area contributed by atoms with Gasteiger partial charge < -0.3 is 5.32 Å². The van der Waals surface area contributed by atoms with Gasteiger partial charge in [0, 0.05) is 14.1 Å². The standard InChI is InChI=1S/C8H14N2O3S2/c1-8(5-4-6-14-8)15(12,13)10(3)7(11)9-2/h4,6H,5H2,1-3H3,(H,9,11). The molecule has 7 heteroatoms. The normalized spacial score (nSPS) is 25.3. The third-order valence-electron chi connectivity index (χ3n) is 2.31. The fraction of sp³-hybridized carbons (Fsp3) is 0.625. The molecule has 0 spiro atoms. The Morgan fingerprint density at radius 3 is 2.60 bits per heavy atom. The third-order valence-corrected chi connectivity index (χ3v) is 6.37. The van der Waals surface area contributed by atoms with E-state index in [1.807, 2.05) is 0 Å². The van der Waals surface area contributed by atoms with Crippen molar-refractivity contribution in [1.82, 2.24) is 9.62 Å². The van der Waals surface area contributed by atoms with Gasteiger partial charge in [-0.05, 0) is 18.8 Å². The van der Waals surface area contributed by atoms with Crippen LogP contribution in [0.5, 0.6) is 0 Å². The van der Waals surface area contributed by atoms with E-state index in [0.717, 1.165) is 4.31 Å². The summed E-state index contributed by atoms with van der Waals surface area (Å²) < 4.78 is 23.9. The zero-order valence-electron chi connectivity index (χ0n) is 8.85. The fourth-order valence-corrected chi connectivity index (χ4v) is 4.08. The van der Waals surface area contributed by atoms with E-state index in [2.05, 4.69) is 5.32 Å². The summed E-state index contributed by atoms with van der Waals surface area (Å²) in [5, 5.41) is 4.03. The van der Waals surface area contributed by atoms with Gasteiger partial charge in [0.05, 0.1) is 0 Å². The molecule has 0 fully saturated rings. The van der Waals surface area contributed by atoms with Crippen LogP contribution in [-0.2, 0) is 10.0 Å². The Kier molecular flexibility index (Phi) is 3.34. The van der Waals surface area contributed by atoms with Gasteiger partial charge in [0.25, 0.3) is 10.0 Å². The molecule has 15 heavy (non-hydrogen) atoms. The highest BCUT2D eigenvalue weighted by molar-refractivity contribution is 8.15. The van der Waals surface area contributed by atoms with Gasteiger partial charge in [-0.3, -0.25) is 0 Å². The molecule has 0 saturated heterocycles. The molecule has 1 aliphatic heterocycles. The first-order chi connectivity index (χ1) is 6.85. The minimum absolute atomic E-state index is 0.418. The van der Waals surface area contributed by atoms with Crippen LogP contribution in [0.3, 0.4) is 0 Å². The lowest BCUT2D eigenvalue weighted by Gasteiger charge is -2.28. The number of urea groups is 1. The van der Waals surface area contributed by atoms with Gasteiger partial charge in [-0.15, -0.1) is 11.8 Å². The van der Waals surface area contributed by atoms with E-state index in [0.29, 0.717) is 6.42 Å². The number of carbonyl (C=O) groups is 1. The van der Waals surface area contributed by atoms with Gasteiger partial charge in [-0.25, -0.2) is 17.5 Å². The Morgan fingerprint density at radius 1 is 1.60 bits per heavy atom. The van der Waals surface area contributed by atoms with Gasteiger partial charge >= 0.3 is 6.03 Å². The molecule has 5 nitrogen and oxygen atoms in total. The number of sulfonamides is 1. The predicted octanol–water partition coefficient (Wildman–Crippen LogP) is 0.954. The Morgan fingerprint density at radius 2 is 2.20 bits per heavy atom. The monoisotopic (exact) mass is 250 g/mol. The van der Waals surface area contributed by atoms with E-state index in [1.54, 1.807) is 18.4 Å². The molecule has 86 valence electrons. The minimum atomic E-state index is -3.63. The first-order valence-electron chi connectivity index (χ1n) is 4.38. The molecule has 0 aromatic rings. The maximum absolute atomic E-state index is 12.1. The highest BCUT2D eigenvalue weighted by Crippen LogP contribution is 2.41. The summed E-state index contributed by atoms with van der Waals surface area (Å²) >= 11 is 1.22. The molecule has 1 unspecified atom stereocenters. The van der Waals surface area contributed by atoms with Gasteiger partial charge in [0.2, 0.25) is 0 Å². The van der Waals surface area contributed by atoms with Crippen LogP contribution in [0.1, 0.15) is 13.3 Å². The second kappa shape index (κ2) is 4.05. The van der Waals surface area contributed by atoms with Crippen LogP contribution in [-0.4, -0.2) is 36.9 Å². The average Bonchev–Trinajstić information content (AvgIpc) is 2.64. The first-order valence-corrected chi connectivity index (χ1v) is 6.70. The Balaban J connectivity index is 2.97. The summed E-state index contributed by atoms with van der Waals surface area (Å²) in [6, 6.07) is -0.622. The van der Waals surface area contributed by atoms with Crippen molar-refractivity contribution in [3.05, 3.63) is 11.5 Å². The van der Waals surface area contributed by atoms with Crippen LogP contribution in [0.2, 0.25) is 0 Å². The van der Waals surface area contributed by atoms with E-state index >= 15 is 0 Å². The molecular formula is C8H14N2O3S2. The summed E-state index contributed by atoms with van der Waals surface area (Å²) in [7, 11) is -0.966. The maximum Gasteiger partial charge on any atom is 0.330 e. The molecular weight excluding hydrogens is 236 g/mol. The molecule has 1 heterocycles. The van der Waals surface area contributed by atoms with Crippen molar-refractivity contribution in [1.29, 1.82) is 0 Å². The molecule has 0 radical (unpaired) electrons. The topological polar surface area (TPSA) is 66.5 Å². The summed E-state index contributed by atoms with van der Waals surface area (Å²) in [5.41, 5.74) is 0. The second-order valence-corrected chi connectivity index (χ2v) is 7.42. The number of amides is 2. The SMILES string of the molecule is CNC(=O)N(C)S(=O)(=O)C1(C)CC=CS1. The summed E-state index contributed by atoms with van der Waals surface area (Å²) in [5.74, 6) is 0. The van der Waals surface area contributed by atoms with Crippen molar-refractivity contribution >= 4 is 27.8 Å². The Labute approximate surface area is 94.0 Å². The van der Waals surface area contributed by atoms with Gasteiger partial charge in [0.1, 0.15) is 4.08 Å². The van der Waals surface area contributed by atoms with Gasteiger partial charge in [-0.1, -0.05) is 6.08 Å². The zero-order valence-corrected chi connectivity index (χ0v) is 10.5. The van der Waals surface area contributed by atoms with Crippen LogP contribution in [0.25, 0.3) is 0 Å². The molecule has 0 saturated carbocycles. The molecule has 0 aromatic carbocycles. The molecule has 0 bridgehead atoms. The number of nitrogens with zero attached hydrogens (tertiary/aromatic N) is 1. The molecule has 1 rings (SSSR count). The number of hydrogen-bond donors (Lipinski definition) is 1. The Hall–Kier alpha value is -0.690. The van der Waals surface area contributed by atoms with Crippen molar-refractivity contribution in [3.63, 3.8) is 0 Å². The van der Waals surface area contributed by atoms with E-state index in [-0.39, 0.29) is 0 Å². The van der Waals surface area contributed by atoms with Crippen molar-refractivity contribution < 1.29 is 13.2 Å². The quantitative estimate of drug-likeness (QED) is 0.792. The van der Waals surface area contributed by atoms with Crippen molar-refractivity contribution in [3.8, 4) is 0 Å². The summed E-state index contributed by atoms with van der Waals surface area (Å²) in [4.78, 5) is 11.3. The van der Waals surface area contributed by atoms with Crippen LogP contribution < -0.4 is 5.32 Å². The molecule has 2 amide bonds. The van der Waals surface area contributed by atoms with Gasteiger partial charge in [0.15, 0.2) is 0 Å². The average molecular weight is 250 g/mol. The lowest BCUT2D eigenvalue weighted by atomic mass is 10.3. The van der Waals surface area contributed by atoms with E-state index < -0.39 is 20.1 Å². The highest BCUT2D eigenvalue weighted by Gasteiger charge is 2.44. The number of rotatable bonds is 2. The predicted molar refractivity (Wildman–Crippen MR) is 60.9 cm³/mol. The van der Waals surface area contributed by atoms with Crippen molar-refractivity contribution in [2.24, 2.45) is 0 Å². The van der Waals surface area contributed by atoms with E-state index in [1.165, 1.54) is 25.9 Å². The number of nitrogens with one attached hydrogen (secondary N) is 1. The fourth-order valence-electron chi connectivity index (χ4n) is 1.22. The number of carbonyl (C=O) groups excluding carboxylic acids is 1. The van der Waals surface area contributed by atoms with Crippen molar-refractivity contribution in [2.45, 2.75) is 17.4 Å². The second-order valence-electron chi connectivity index (χ2n) is 3.36. The molecule has 0 aromatic heterocycles. The van der Waals surface area contributed by atoms with Crippen LogP contribution >= 0.6 is 11.8 Å². The van der Waals surface area contributed by atoms with E-state index in [9.17, 15) is 13.2 Å². The lowest BCUT2D eigenvalue weighted by molar-refractivity contribution is 0.230. The van der Waals surface area contributed by atoms with Crippen LogP contribution in [0.15, 0.2) is 11.5 Å². The van der Waals surface area contributed by atoms with E-state index in [4.69, 9.17) is 0 Å². The number of hydrogen-bond acceptors (Lipinski definition) is 4. The number of allylic oxidation sites excluding steroid dienone is 1. The van der Waals surface area contributed by atoms with Gasteiger partial charge in [-0.2, -0.15) is 0 Å². The smallest absolute Gasteiger partial charge is 0.330 e. The largest absolute Gasteiger partial charge is 0.340 e. The lowest BCUT2D eigenvalue weighted by Crippen LogP contribution is -2.47. The molecule has 1 atom stereocenters. The summed E-state index contributed by atoms with van der Waals surface area (Å²) in [6.07, 6.45) is 2.21. The number of thioether (sulfide) groups is 1.